The summed E-state index contributed by atoms with van der Waals surface area (Å²) in [5.41, 5.74) is 5.90. The van der Waals surface area contributed by atoms with Gasteiger partial charge in [0.1, 0.15) is 5.82 Å². The van der Waals surface area contributed by atoms with Crippen LogP contribution in [0.5, 0.6) is 0 Å². The van der Waals surface area contributed by atoms with Crippen LogP contribution in [0.2, 0.25) is 0 Å². The van der Waals surface area contributed by atoms with Crippen LogP contribution >= 0.6 is 11.8 Å². The fourth-order valence-corrected chi connectivity index (χ4v) is 1.68. The second kappa shape index (κ2) is 6.09. The number of imidazole rings is 1. The number of thioether (sulfide) groups is 1. The van der Waals surface area contributed by atoms with E-state index in [4.69, 9.17) is 5.73 Å². The lowest BCUT2D eigenvalue weighted by Crippen LogP contribution is -2.23. The van der Waals surface area contributed by atoms with E-state index in [1.54, 1.807) is 0 Å². The molecule has 0 aliphatic heterocycles. The van der Waals surface area contributed by atoms with Crippen LogP contribution in [-0.4, -0.2) is 27.6 Å². The number of hydrogen-bond donors (Lipinski definition) is 1. The zero-order valence-electron chi connectivity index (χ0n) is 8.94. The third-order valence-electron chi connectivity index (χ3n) is 2.31. The molecule has 2 N–H and O–H groups in total. The van der Waals surface area contributed by atoms with Gasteiger partial charge in [0.25, 0.3) is 0 Å². The Bertz CT molecular complexity index is 260. The number of hydrogen-bond acceptors (Lipinski definition) is 3. The van der Waals surface area contributed by atoms with Crippen LogP contribution in [0.25, 0.3) is 0 Å². The molecule has 1 rings (SSSR count). The summed E-state index contributed by atoms with van der Waals surface area (Å²) in [6, 6.07) is 0.241. The minimum absolute atomic E-state index is 0.241. The molecule has 4 heteroatoms. The van der Waals surface area contributed by atoms with Gasteiger partial charge in [-0.15, -0.1) is 0 Å². The highest BCUT2D eigenvalue weighted by Gasteiger charge is 2.06. The van der Waals surface area contributed by atoms with E-state index in [0.717, 1.165) is 31.0 Å². The van der Waals surface area contributed by atoms with Crippen LogP contribution in [0.1, 0.15) is 19.2 Å². The maximum Gasteiger partial charge on any atom is 0.110 e. The molecule has 80 valence electrons. The molecule has 0 aromatic carbocycles. The Morgan fingerprint density at radius 3 is 3.07 bits per heavy atom. The number of rotatable bonds is 6. The Balaban J connectivity index is 2.53. The molecule has 0 saturated carbocycles. The van der Waals surface area contributed by atoms with Gasteiger partial charge in [0, 0.05) is 37.2 Å². The van der Waals surface area contributed by atoms with Gasteiger partial charge in [-0.1, -0.05) is 6.92 Å². The first-order valence-electron chi connectivity index (χ1n) is 5.02. The molecule has 0 aliphatic rings. The fourth-order valence-electron chi connectivity index (χ4n) is 1.30. The Labute approximate surface area is 90.1 Å². The van der Waals surface area contributed by atoms with Gasteiger partial charge in [-0.3, -0.25) is 0 Å². The van der Waals surface area contributed by atoms with Gasteiger partial charge in [-0.05, 0) is 12.7 Å². The topological polar surface area (TPSA) is 43.8 Å². The lowest BCUT2D eigenvalue weighted by atomic mass is 10.1. The van der Waals surface area contributed by atoms with E-state index < -0.39 is 0 Å². The molecule has 0 aliphatic carbocycles. The molecule has 3 nitrogen and oxygen atoms in total. The summed E-state index contributed by atoms with van der Waals surface area (Å²) in [7, 11) is 0. The average Bonchev–Trinajstić information content (AvgIpc) is 2.62. The maximum atomic E-state index is 5.90. The molecule has 0 amide bonds. The SMILES string of the molecule is CCC(N)Cc1nccn1CCSC. The first-order chi connectivity index (χ1) is 6.77. The zero-order valence-corrected chi connectivity index (χ0v) is 9.76. The molecule has 0 bridgehead atoms. The van der Waals surface area contributed by atoms with Crippen molar-refractivity contribution in [1.82, 2.24) is 9.55 Å². The predicted molar refractivity (Wildman–Crippen MR) is 62.6 cm³/mol. The van der Waals surface area contributed by atoms with Crippen LogP contribution < -0.4 is 5.73 Å². The highest BCUT2D eigenvalue weighted by atomic mass is 32.2. The predicted octanol–water partition coefficient (Wildman–Crippen LogP) is 1.53. The van der Waals surface area contributed by atoms with E-state index in [1.165, 1.54) is 0 Å². The Morgan fingerprint density at radius 2 is 2.43 bits per heavy atom. The quantitative estimate of drug-likeness (QED) is 0.779. The summed E-state index contributed by atoms with van der Waals surface area (Å²) >= 11 is 1.85. The van der Waals surface area contributed by atoms with Crippen LogP contribution in [0, 0.1) is 0 Å². The van der Waals surface area contributed by atoms with Crippen molar-refractivity contribution in [3.05, 3.63) is 18.2 Å². The number of nitrogens with zero attached hydrogens (tertiary/aromatic N) is 2. The maximum absolute atomic E-state index is 5.90. The van der Waals surface area contributed by atoms with Crippen LogP contribution in [0.15, 0.2) is 12.4 Å². The molecular formula is C10H19N3S. The highest BCUT2D eigenvalue weighted by Crippen LogP contribution is 2.04. The number of nitrogens with two attached hydrogens (primary N) is 1. The smallest absolute Gasteiger partial charge is 0.110 e. The van der Waals surface area contributed by atoms with Crippen LogP contribution in [0.3, 0.4) is 0 Å². The molecule has 0 saturated heterocycles. The number of aryl methyl sites for hydroxylation is 1. The lowest BCUT2D eigenvalue weighted by Gasteiger charge is -2.10. The monoisotopic (exact) mass is 213 g/mol. The Morgan fingerprint density at radius 1 is 1.64 bits per heavy atom. The van der Waals surface area contributed by atoms with Gasteiger partial charge in [-0.25, -0.2) is 4.98 Å². The standard InChI is InChI=1S/C10H19N3S/c1-3-9(11)8-10-12-4-5-13(10)6-7-14-2/h4-5,9H,3,6-8,11H2,1-2H3. The van der Waals surface area contributed by atoms with E-state index >= 15 is 0 Å². The summed E-state index contributed by atoms with van der Waals surface area (Å²) in [6.45, 7) is 3.15. The van der Waals surface area contributed by atoms with E-state index in [0.29, 0.717) is 0 Å². The van der Waals surface area contributed by atoms with Gasteiger partial charge < -0.3 is 10.3 Å². The van der Waals surface area contributed by atoms with Crippen molar-refractivity contribution in [3.63, 3.8) is 0 Å². The van der Waals surface area contributed by atoms with Crippen LogP contribution in [-0.2, 0) is 13.0 Å². The molecule has 1 unspecified atom stereocenters. The Kier molecular flexibility index (Phi) is 5.04. The zero-order chi connectivity index (χ0) is 10.4. The third-order valence-corrected chi connectivity index (χ3v) is 2.90. The van der Waals surface area contributed by atoms with E-state index in [1.807, 2.05) is 24.2 Å². The van der Waals surface area contributed by atoms with Gasteiger partial charge in [0.15, 0.2) is 0 Å². The van der Waals surface area contributed by atoms with Crippen molar-refractivity contribution in [2.45, 2.75) is 32.4 Å². The van der Waals surface area contributed by atoms with Gasteiger partial charge >= 0.3 is 0 Å². The first-order valence-corrected chi connectivity index (χ1v) is 6.41. The number of aromatic nitrogens is 2. The normalized spacial score (nSPS) is 13.1. The molecule has 14 heavy (non-hydrogen) atoms. The molecule has 1 heterocycles. The van der Waals surface area contributed by atoms with Gasteiger partial charge in [0.05, 0.1) is 0 Å². The fraction of sp³-hybridized carbons (Fsp3) is 0.700. The third kappa shape index (κ3) is 3.35. The molecular weight excluding hydrogens is 194 g/mol. The first kappa shape index (κ1) is 11.6. The largest absolute Gasteiger partial charge is 0.334 e. The molecule has 1 aromatic heterocycles. The minimum atomic E-state index is 0.241. The van der Waals surface area contributed by atoms with E-state index in [2.05, 4.69) is 22.7 Å². The van der Waals surface area contributed by atoms with E-state index in [-0.39, 0.29) is 6.04 Å². The lowest BCUT2D eigenvalue weighted by molar-refractivity contribution is 0.593. The molecule has 0 spiro atoms. The second-order valence-electron chi connectivity index (χ2n) is 3.40. The summed E-state index contributed by atoms with van der Waals surface area (Å²) in [6.07, 6.45) is 7.91. The summed E-state index contributed by atoms with van der Waals surface area (Å²) in [4.78, 5) is 4.33. The summed E-state index contributed by atoms with van der Waals surface area (Å²) in [5, 5.41) is 0. The van der Waals surface area contributed by atoms with Crippen molar-refractivity contribution < 1.29 is 0 Å². The average molecular weight is 213 g/mol. The van der Waals surface area contributed by atoms with Crippen molar-refractivity contribution in [1.29, 1.82) is 0 Å². The summed E-state index contributed by atoms with van der Waals surface area (Å²) < 4.78 is 2.20. The highest BCUT2D eigenvalue weighted by molar-refractivity contribution is 7.98. The Hall–Kier alpha value is -0.480. The van der Waals surface area contributed by atoms with Crippen molar-refractivity contribution in [2.24, 2.45) is 5.73 Å². The van der Waals surface area contributed by atoms with Crippen molar-refractivity contribution >= 4 is 11.8 Å². The van der Waals surface area contributed by atoms with Crippen molar-refractivity contribution in [3.8, 4) is 0 Å². The molecule has 0 fully saturated rings. The molecule has 1 atom stereocenters. The molecule has 1 aromatic rings. The summed E-state index contributed by atoms with van der Waals surface area (Å²) in [5.74, 6) is 2.25. The van der Waals surface area contributed by atoms with Crippen molar-refractivity contribution in [2.75, 3.05) is 12.0 Å². The molecule has 0 radical (unpaired) electrons. The van der Waals surface area contributed by atoms with Gasteiger partial charge in [0.2, 0.25) is 0 Å². The van der Waals surface area contributed by atoms with Gasteiger partial charge in [-0.2, -0.15) is 11.8 Å². The second-order valence-corrected chi connectivity index (χ2v) is 4.39. The van der Waals surface area contributed by atoms with E-state index in [9.17, 15) is 0 Å². The minimum Gasteiger partial charge on any atom is -0.334 e. The van der Waals surface area contributed by atoms with Crippen LogP contribution in [0.4, 0.5) is 0 Å².